The van der Waals surface area contributed by atoms with Gasteiger partial charge < -0.3 is 4.57 Å². The van der Waals surface area contributed by atoms with Crippen molar-refractivity contribution in [1.82, 2.24) is 14.8 Å². The average Bonchev–Trinajstić information content (AvgIpc) is 2.94. The van der Waals surface area contributed by atoms with Gasteiger partial charge in [-0.1, -0.05) is 12.1 Å². The average molecular weight is 332 g/mol. The molecule has 3 rings (SSSR count). The van der Waals surface area contributed by atoms with Crippen molar-refractivity contribution in [3.8, 4) is 11.4 Å². The minimum atomic E-state index is -3.79. The first-order valence-corrected chi connectivity index (χ1v) is 8.17. The molecule has 0 aliphatic carbocycles. The van der Waals surface area contributed by atoms with Crippen LogP contribution in [0.5, 0.6) is 0 Å². The first-order chi connectivity index (χ1) is 11.0. The van der Waals surface area contributed by atoms with E-state index >= 15 is 0 Å². The van der Waals surface area contributed by atoms with Crippen molar-refractivity contribution in [2.24, 2.45) is 7.05 Å². The Bertz CT molecular complexity index is 936. The van der Waals surface area contributed by atoms with Crippen LogP contribution in [0.15, 0.2) is 59.8 Å². The van der Waals surface area contributed by atoms with E-state index < -0.39 is 15.8 Å². The van der Waals surface area contributed by atoms with E-state index in [9.17, 15) is 12.8 Å². The normalized spacial score (nSPS) is 11.4. The molecule has 0 saturated heterocycles. The fourth-order valence-electron chi connectivity index (χ4n) is 2.09. The largest absolute Gasteiger partial charge is 0.317 e. The maximum atomic E-state index is 12.9. The molecule has 0 fully saturated rings. The molecule has 0 unspecified atom stereocenters. The number of rotatable bonds is 4. The minimum absolute atomic E-state index is 0.0111. The Morgan fingerprint density at radius 3 is 2.52 bits per heavy atom. The highest BCUT2D eigenvalue weighted by atomic mass is 32.2. The summed E-state index contributed by atoms with van der Waals surface area (Å²) in [5, 5.41) is 7.78. The molecule has 1 heterocycles. The van der Waals surface area contributed by atoms with Crippen LogP contribution in [0.3, 0.4) is 0 Å². The SMILES string of the molecule is Cn1cnnc1-c1cccc(NS(=O)(=O)c2ccc(F)cc2)c1. The minimum Gasteiger partial charge on any atom is -0.317 e. The molecule has 0 radical (unpaired) electrons. The first-order valence-electron chi connectivity index (χ1n) is 6.68. The van der Waals surface area contributed by atoms with Gasteiger partial charge in [0.05, 0.1) is 4.90 Å². The van der Waals surface area contributed by atoms with Crippen molar-refractivity contribution >= 4 is 15.7 Å². The quantitative estimate of drug-likeness (QED) is 0.796. The predicted molar refractivity (Wildman–Crippen MR) is 83.6 cm³/mol. The zero-order valence-electron chi connectivity index (χ0n) is 12.1. The summed E-state index contributed by atoms with van der Waals surface area (Å²) in [4.78, 5) is -0.0111. The number of nitrogens with zero attached hydrogens (tertiary/aromatic N) is 3. The third-order valence-electron chi connectivity index (χ3n) is 3.21. The van der Waals surface area contributed by atoms with E-state index in [4.69, 9.17) is 0 Å². The number of sulfonamides is 1. The lowest BCUT2D eigenvalue weighted by Gasteiger charge is -2.09. The van der Waals surface area contributed by atoms with Crippen molar-refractivity contribution in [3.63, 3.8) is 0 Å². The molecule has 2 aromatic carbocycles. The van der Waals surface area contributed by atoms with E-state index in [2.05, 4.69) is 14.9 Å². The molecule has 118 valence electrons. The van der Waals surface area contributed by atoms with Crippen LogP contribution >= 0.6 is 0 Å². The second-order valence-electron chi connectivity index (χ2n) is 4.91. The number of anilines is 1. The lowest BCUT2D eigenvalue weighted by molar-refractivity contribution is 0.599. The number of halogens is 1. The first kappa shape index (κ1) is 15.2. The van der Waals surface area contributed by atoms with Crippen molar-refractivity contribution < 1.29 is 12.8 Å². The van der Waals surface area contributed by atoms with Gasteiger partial charge in [-0.05, 0) is 36.4 Å². The summed E-state index contributed by atoms with van der Waals surface area (Å²) in [5.74, 6) is 0.126. The van der Waals surface area contributed by atoms with Gasteiger partial charge in [-0.2, -0.15) is 0 Å². The monoisotopic (exact) mass is 332 g/mol. The molecular formula is C15H13FN4O2S. The molecule has 6 nitrogen and oxygen atoms in total. The highest BCUT2D eigenvalue weighted by Gasteiger charge is 2.15. The Labute approximate surface area is 132 Å². The number of hydrogen-bond donors (Lipinski definition) is 1. The predicted octanol–water partition coefficient (Wildman–Crippen LogP) is 2.42. The molecule has 0 aliphatic rings. The summed E-state index contributed by atoms with van der Waals surface area (Å²) in [6.07, 6.45) is 1.56. The molecule has 1 N–H and O–H groups in total. The lowest BCUT2D eigenvalue weighted by Crippen LogP contribution is -2.13. The summed E-state index contributed by atoms with van der Waals surface area (Å²) < 4.78 is 41.7. The van der Waals surface area contributed by atoms with Crippen LogP contribution in [0.2, 0.25) is 0 Å². The van der Waals surface area contributed by atoms with E-state index in [1.807, 2.05) is 0 Å². The number of hydrogen-bond acceptors (Lipinski definition) is 4. The Morgan fingerprint density at radius 2 is 1.87 bits per heavy atom. The number of aryl methyl sites for hydroxylation is 1. The van der Waals surface area contributed by atoms with Crippen molar-refractivity contribution in [2.45, 2.75) is 4.90 Å². The standard InChI is InChI=1S/C15H13FN4O2S/c1-20-10-17-18-15(20)11-3-2-4-13(9-11)19-23(21,22)14-7-5-12(16)6-8-14/h2-10,19H,1H3. The van der Waals surface area contributed by atoms with Gasteiger partial charge in [0.2, 0.25) is 0 Å². The molecule has 0 amide bonds. The highest BCUT2D eigenvalue weighted by molar-refractivity contribution is 7.92. The molecule has 1 aromatic heterocycles. The maximum absolute atomic E-state index is 12.9. The second-order valence-corrected chi connectivity index (χ2v) is 6.59. The van der Waals surface area contributed by atoms with Gasteiger partial charge >= 0.3 is 0 Å². The van der Waals surface area contributed by atoms with E-state index in [0.29, 0.717) is 11.5 Å². The maximum Gasteiger partial charge on any atom is 0.261 e. The van der Waals surface area contributed by atoms with Gasteiger partial charge in [-0.25, -0.2) is 12.8 Å². The fraction of sp³-hybridized carbons (Fsp3) is 0.0667. The van der Waals surface area contributed by atoms with Gasteiger partial charge in [0.25, 0.3) is 10.0 Å². The van der Waals surface area contributed by atoms with Crippen LogP contribution in [0.25, 0.3) is 11.4 Å². The molecule has 0 aliphatic heterocycles. The summed E-state index contributed by atoms with van der Waals surface area (Å²) in [7, 11) is -1.99. The van der Waals surface area contributed by atoms with E-state index in [-0.39, 0.29) is 4.90 Å². The van der Waals surface area contributed by atoms with Crippen molar-refractivity contribution in [3.05, 3.63) is 60.7 Å². The number of nitrogens with one attached hydrogen (secondary N) is 1. The zero-order chi connectivity index (χ0) is 16.4. The number of benzene rings is 2. The van der Waals surface area contributed by atoms with Crippen molar-refractivity contribution in [2.75, 3.05) is 4.72 Å². The zero-order valence-corrected chi connectivity index (χ0v) is 13.0. The molecule has 0 bridgehead atoms. The van der Waals surface area contributed by atoms with Crippen LogP contribution in [-0.4, -0.2) is 23.2 Å². The fourth-order valence-corrected chi connectivity index (χ4v) is 3.14. The van der Waals surface area contributed by atoms with Crippen LogP contribution in [0, 0.1) is 5.82 Å². The summed E-state index contributed by atoms with van der Waals surface area (Å²) in [6.45, 7) is 0. The molecule has 0 spiro atoms. The summed E-state index contributed by atoms with van der Waals surface area (Å²) in [5.41, 5.74) is 1.11. The van der Waals surface area contributed by atoms with Gasteiger partial charge in [0, 0.05) is 18.3 Å². The van der Waals surface area contributed by atoms with Crippen LogP contribution in [0.4, 0.5) is 10.1 Å². The van der Waals surface area contributed by atoms with Crippen LogP contribution in [0.1, 0.15) is 0 Å². The topological polar surface area (TPSA) is 76.9 Å². The highest BCUT2D eigenvalue weighted by Crippen LogP contribution is 2.22. The lowest BCUT2D eigenvalue weighted by atomic mass is 10.2. The Morgan fingerprint density at radius 1 is 1.13 bits per heavy atom. The van der Waals surface area contributed by atoms with Gasteiger partial charge in [-0.15, -0.1) is 10.2 Å². The molecule has 3 aromatic rings. The van der Waals surface area contributed by atoms with Crippen LogP contribution < -0.4 is 4.72 Å². The van der Waals surface area contributed by atoms with Crippen LogP contribution in [-0.2, 0) is 17.1 Å². The van der Waals surface area contributed by atoms with Gasteiger partial charge in [0.1, 0.15) is 12.1 Å². The Kier molecular flexibility index (Phi) is 3.83. The molecule has 23 heavy (non-hydrogen) atoms. The van der Waals surface area contributed by atoms with Crippen molar-refractivity contribution in [1.29, 1.82) is 0 Å². The Balaban J connectivity index is 1.91. The number of aromatic nitrogens is 3. The molecule has 0 saturated carbocycles. The summed E-state index contributed by atoms with van der Waals surface area (Å²) in [6, 6.07) is 11.4. The third-order valence-corrected chi connectivity index (χ3v) is 4.61. The van der Waals surface area contributed by atoms with E-state index in [1.54, 1.807) is 42.2 Å². The van der Waals surface area contributed by atoms with E-state index in [1.165, 1.54) is 12.1 Å². The third kappa shape index (κ3) is 3.21. The Hall–Kier alpha value is -2.74. The van der Waals surface area contributed by atoms with Gasteiger partial charge in [0.15, 0.2) is 5.82 Å². The molecule has 8 heteroatoms. The van der Waals surface area contributed by atoms with Gasteiger partial charge in [-0.3, -0.25) is 4.72 Å². The summed E-state index contributed by atoms with van der Waals surface area (Å²) >= 11 is 0. The molecular weight excluding hydrogens is 319 g/mol. The smallest absolute Gasteiger partial charge is 0.261 e. The second kappa shape index (κ2) is 5.81. The van der Waals surface area contributed by atoms with E-state index in [0.717, 1.165) is 17.7 Å². The molecule has 0 atom stereocenters.